The van der Waals surface area contributed by atoms with E-state index < -0.39 is 0 Å². The normalized spacial score (nSPS) is 24.8. The quantitative estimate of drug-likeness (QED) is 0.842. The molecule has 21 heavy (non-hydrogen) atoms. The van der Waals surface area contributed by atoms with E-state index >= 15 is 0 Å². The summed E-state index contributed by atoms with van der Waals surface area (Å²) in [7, 11) is 0. The second kappa shape index (κ2) is 6.43. The highest BCUT2D eigenvalue weighted by Crippen LogP contribution is 2.38. The first kappa shape index (κ1) is 14.3. The van der Waals surface area contributed by atoms with Gasteiger partial charge in [-0.2, -0.15) is 0 Å². The van der Waals surface area contributed by atoms with Gasteiger partial charge in [-0.15, -0.1) is 0 Å². The highest BCUT2D eigenvalue weighted by atomic mass is 16.5. The number of anilines is 1. The molecule has 5 nitrogen and oxygen atoms in total. The number of ether oxygens (including phenoxy) is 1. The second-order valence-electron chi connectivity index (χ2n) is 5.88. The minimum absolute atomic E-state index is 0.101. The van der Waals surface area contributed by atoms with Gasteiger partial charge in [-0.05, 0) is 43.7 Å². The number of aromatic nitrogens is 1. The van der Waals surface area contributed by atoms with Gasteiger partial charge < -0.3 is 15.4 Å². The number of amides is 1. The lowest BCUT2D eigenvalue weighted by molar-refractivity contribution is 0.0727. The predicted octanol–water partition coefficient (Wildman–Crippen LogP) is 2.20. The molecule has 1 saturated carbocycles. The maximum absolute atomic E-state index is 12.4. The van der Waals surface area contributed by atoms with Crippen molar-refractivity contribution in [3.05, 3.63) is 23.9 Å². The van der Waals surface area contributed by atoms with Crippen LogP contribution >= 0.6 is 0 Å². The van der Waals surface area contributed by atoms with Crippen molar-refractivity contribution < 1.29 is 9.53 Å². The average molecular weight is 289 g/mol. The van der Waals surface area contributed by atoms with Gasteiger partial charge >= 0.3 is 0 Å². The van der Waals surface area contributed by atoms with Gasteiger partial charge in [-0.25, -0.2) is 4.98 Å². The minimum Gasteiger partial charge on any atom is -0.376 e. The summed E-state index contributed by atoms with van der Waals surface area (Å²) in [5.74, 6) is 1.30. The zero-order valence-electron chi connectivity index (χ0n) is 12.5. The molecule has 0 radical (unpaired) electrons. The molecular formula is C16H23N3O2. The Hall–Kier alpha value is -1.62. The summed E-state index contributed by atoms with van der Waals surface area (Å²) >= 11 is 0. The fourth-order valence-corrected chi connectivity index (χ4v) is 2.81. The molecule has 1 saturated heterocycles. The Balaban J connectivity index is 1.61. The third kappa shape index (κ3) is 3.53. The highest BCUT2D eigenvalue weighted by molar-refractivity contribution is 5.92. The first-order valence-electron chi connectivity index (χ1n) is 7.91. The van der Waals surface area contributed by atoms with E-state index in [9.17, 15) is 4.79 Å². The topological polar surface area (TPSA) is 63.2 Å². The monoisotopic (exact) mass is 289 g/mol. The number of nitrogens with zero attached hydrogens (tertiary/aromatic N) is 1. The lowest BCUT2D eigenvalue weighted by Gasteiger charge is -2.19. The van der Waals surface area contributed by atoms with Crippen LogP contribution in [0, 0.1) is 5.92 Å². The molecule has 1 aromatic rings. The molecule has 114 valence electrons. The Kier molecular flexibility index (Phi) is 4.39. The Bertz CT molecular complexity index is 502. The lowest BCUT2D eigenvalue weighted by atomic mass is 10.1. The fourth-order valence-electron chi connectivity index (χ4n) is 2.81. The van der Waals surface area contributed by atoms with Crippen LogP contribution in [0.3, 0.4) is 0 Å². The summed E-state index contributed by atoms with van der Waals surface area (Å²) in [4.78, 5) is 16.7. The van der Waals surface area contributed by atoms with Crippen molar-refractivity contribution in [1.29, 1.82) is 0 Å². The van der Waals surface area contributed by atoms with E-state index in [1.54, 1.807) is 6.07 Å². The summed E-state index contributed by atoms with van der Waals surface area (Å²) in [5, 5.41) is 6.30. The zero-order valence-corrected chi connectivity index (χ0v) is 12.5. The van der Waals surface area contributed by atoms with E-state index in [2.05, 4.69) is 22.5 Å². The number of carbonyl (C=O) groups excluding carboxylic acids is 1. The van der Waals surface area contributed by atoms with Crippen LogP contribution in [0.2, 0.25) is 0 Å². The fraction of sp³-hybridized carbons (Fsp3) is 0.625. The Morgan fingerprint density at radius 3 is 3.00 bits per heavy atom. The van der Waals surface area contributed by atoms with Crippen molar-refractivity contribution in [2.75, 3.05) is 18.5 Å². The van der Waals surface area contributed by atoms with E-state index in [1.165, 1.54) is 12.8 Å². The van der Waals surface area contributed by atoms with E-state index in [4.69, 9.17) is 4.74 Å². The van der Waals surface area contributed by atoms with Crippen LogP contribution in [0.25, 0.3) is 0 Å². The van der Waals surface area contributed by atoms with Crippen LogP contribution in [-0.2, 0) is 4.74 Å². The third-order valence-electron chi connectivity index (χ3n) is 4.08. The molecule has 5 heteroatoms. The lowest BCUT2D eigenvalue weighted by Crippen LogP contribution is -2.41. The molecule has 3 rings (SSSR count). The molecule has 2 aliphatic rings. The first-order chi connectivity index (χ1) is 10.3. The molecule has 2 fully saturated rings. The van der Waals surface area contributed by atoms with Crippen molar-refractivity contribution in [1.82, 2.24) is 10.3 Å². The van der Waals surface area contributed by atoms with Crippen molar-refractivity contribution in [3.8, 4) is 0 Å². The predicted molar refractivity (Wildman–Crippen MR) is 81.4 cm³/mol. The van der Waals surface area contributed by atoms with Crippen LogP contribution in [0.1, 0.15) is 43.1 Å². The molecule has 0 spiro atoms. The Morgan fingerprint density at radius 2 is 2.24 bits per heavy atom. The van der Waals surface area contributed by atoms with Gasteiger partial charge in [0.05, 0.1) is 12.1 Å². The molecule has 0 aromatic carbocycles. The molecule has 1 aliphatic carbocycles. The Labute approximate surface area is 125 Å². The molecular weight excluding hydrogens is 266 g/mol. The van der Waals surface area contributed by atoms with Crippen LogP contribution < -0.4 is 10.6 Å². The largest absolute Gasteiger partial charge is 0.376 e. The molecule has 0 bridgehead atoms. The van der Waals surface area contributed by atoms with Gasteiger partial charge in [0.1, 0.15) is 11.5 Å². The maximum atomic E-state index is 12.4. The molecule has 2 N–H and O–H groups in total. The standard InChI is InChI=1S/C16H23N3O2/c1-2-9-17-14-5-3-4-13(18-14)16(20)19-12-8-10-21-15(12)11-6-7-11/h3-5,11-12,15H,2,6-10H2,1H3,(H,17,18)(H,19,20). The van der Waals surface area contributed by atoms with E-state index in [0.29, 0.717) is 11.6 Å². The number of hydrogen-bond donors (Lipinski definition) is 2. The summed E-state index contributed by atoms with van der Waals surface area (Å²) < 4.78 is 5.76. The number of carbonyl (C=O) groups is 1. The van der Waals surface area contributed by atoms with Gasteiger partial charge in [-0.1, -0.05) is 13.0 Å². The molecule has 1 aliphatic heterocycles. The van der Waals surface area contributed by atoms with Crippen molar-refractivity contribution in [2.45, 2.75) is 44.8 Å². The zero-order chi connectivity index (χ0) is 14.7. The molecule has 2 heterocycles. The second-order valence-corrected chi connectivity index (χ2v) is 5.88. The number of pyridine rings is 1. The van der Waals surface area contributed by atoms with Crippen LogP contribution in [0.5, 0.6) is 0 Å². The van der Waals surface area contributed by atoms with Crippen LogP contribution in [0.4, 0.5) is 5.82 Å². The van der Waals surface area contributed by atoms with Gasteiger partial charge in [0.25, 0.3) is 5.91 Å². The summed E-state index contributed by atoms with van der Waals surface area (Å²) in [6.07, 6.45) is 4.59. The molecule has 1 aromatic heterocycles. The van der Waals surface area contributed by atoms with E-state index in [0.717, 1.165) is 31.8 Å². The van der Waals surface area contributed by atoms with Crippen molar-refractivity contribution in [3.63, 3.8) is 0 Å². The van der Waals surface area contributed by atoms with Gasteiger partial charge in [0.2, 0.25) is 0 Å². The Morgan fingerprint density at radius 1 is 1.38 bits per heavy atom. The van der Waals surface area contributed by atoms with Gasteiger partial charge in [-0.3, -0.25) is 4.79 Å². The van der Waals surface area contributed by atoms with Crippen molar-refractivity contribution >= 4 is 11.7 Å². The van der Waals surface area contributed by atoms with Gasteiger partial charge in [0.15, 0.2) is 0 Å². The smallest absolute Gasteiger partial charge is 0.270 e. The van der Waals surface area contributed by atoms with Crippen molar-refractivity contribution in [2.24, 2.45) is 5.92 Å². The third-order valence-corrected chi connectivity index (χ3v) is 4.08. The summed E-state index contributed by atoms with van der Waals surface area (Å²) in [6.45, 7) is 3.71. The molecule has 2 unspecified atom stereocenters. The van der Waals surface area contributed by atoms with Crippen LogP contribution in [0.15, 0.2) is 18.2 Å². The minimum atomic E-state index is -0.101. The first-order valence-corrected chi connectivity index (χ1v) is 7.91. The summed E-state index contributed by atoms with van der Waals surface area (Å²) in [6, 6.07) is 5.65. The summed E-state index contributed by atoms with van der Waals surface area (Å²) in [5.41, 5.74) is 0.470. The highest BCUT2D eigenvalue weighted by Gasteiger charge is 2.41. The van der Waals surface area contributed by atoms with Crippen LogP contribution in [-0.4, -0.2) is 36.2 Å². The average Bonchev–Trinajstić information content (AvgIpc) is 3.25. The van der Waals surface area contributed by atoms with E-state index in [1.807, 2.05) is 12.1 Å². The SMILES string of the molecule is CCCNc1cccc(C(=O)NC2CCOC2C2CC2)n1. The number of rotatable bonds is 6. The maximum Gasteiger partial charge on any atom is 0.270 e. The number of hydrogen-bond acceptors (Lipinski definition) is 4. The molecule has 2 atom stereocenters. The van der Waals surface area contributed by atoms with Gasteiger partial charge in [0, 0.05) is 13.2 Å². The van der Waals surface area contributed by atoms with E-state index in [-0.39, 0.29) is 18.1 Å². The molecule has 1 amide bonds. The number of nitrogens with one attached hydrogen (secondary N) is 2.